The molecule has 0 unspecified atom stereocenters. The third kappa shape index (κ3) is 4.10. The topological polar surface area (TPSA) is 85.5 Å². The molecule has 2 aromatic carbocycles. The van der Waals surface area contributed by atoms with Crippen molar-refractivity contribution in [3.05, 3.63) is 71.7 Å². The van der Waals surface area contributed by atoms with Crippen molar-refractivity contribution in [1.29, 1.82) is 0 Å². The summed E-state index contributed by atoms with van der Waals surface area (Å²) in [6.07, 6.45) is 1.33. The van der Waals surface area contributed by atoms with Gasteiger partial charge >= 0.3 is 0 Å². The maximum Gasteiger partial charge on any atom is 0.260 e. The number of hydrogen-bond acceptors (Lipinski definition) is 4. The summed E-state index contributed by atoms with van der Waals surface area (Å²) < 4.78 is 19.0. The number of likely N-dealkylation sites (tertiary alicyclic amines) is 1. The van der Waals surface area contributed by atoms with Gasteiger partial charge in [-0.05, 0) is 37.1 Å². The average molecular weight is 407 g/mol. The van der Waals surface area contributed by atoms with Crippen molar-refractivity contribution in [2.75, 3.05) is 19.7 Å². The van der Waals surface area contributed by atoms with Crippen molar-refractivity contribution in [2.24, 2.45) is 5.73 Å². The number of aromatic nitrogens is 1. The van der Waals surface area contributed by atoms with Crippen molar-refractivity contribution in [1.82, 2.24) is 9.88 Å². The number of benzene rings is 2. The summed E-state index contributed by atoms with van der Waals surface area (Å²) in [6, 6.07) is 15.4. The van der Waals surface area contributed by atoms with Crippen LogP contribution in [0, 0.1) is 5.82 Å². The van der Waals surface area contributed by atoms with Crippen LogP contribution in [0.2, 0.25) is 0 Å². The molecule has 0 aliphatic carbocycles. The molecule has 2 heterocycles. The van der Waals surface area contributed by atoms with Gasteiger partial charge in [0.25, 0.3) is 11.8 Å². The van der Waals surface area contributed by atoms with Crippen LogP contribution in [0.25, 0.3) is 10.9 Å². The molecule has 0 saturated carbocycles. The second-order valence-corrected chi connectivity index (χ2v) is 7.35. The molecular formula is C23H22FN3O3. The largest absolute Gasteiger partial charge is 0.481 e. The zero-order valence-electron chi connectivity index (χ0n) is 16.4. The number of nitrogens with two attached hydrogens (primary N) is 1. The predicted octanol–water partition coefficient (Wildman–Crippen LogP) is 3.26. The fourth-order valence-electron chi connectivity index (χ4n) is 3.83. The molecule has 0 atom stereocenters. The molecule has 154 valence electrons. The van der Waals surface area contributed by atoms with E-state index in [0.29, 0.717) is 37.2 Å². The van der Waals surface area contributed by atoms with E-state index >= 15 is 0 Å². The van der Waals surface area contributed by atoms with E-state index < -0.39 is 11.7 Å². The molecule has 1 saturated heterocycles. The molecule has 4 rings (SSSR count). The molecule has 0 spiro atoms. The Kier molecular flexibility index (Phi) is 5.61. The number of pyridine rings is 1. The summed E-state index contributed by atoms with van der Waals surface area (Å²) in [4.78, 5) is 30.9. The molecule has 1 fully saturated rings. The van der Waals surface area contributed by atoms with Crippen LogP contribution in [0.3, 0.4) is 0 Å². The van der Waals surface area contributed by atoms with E-state index in [9.17, 15) is 14.0 Å². The van der Waals surface area contributed by atoms with E-state index in [1.54, 1.807) is 23.1 Å². The van der Waals surface area contributed by atoms with E-state index in [2.05, 4.69) is 0 Å². The van der Waals surface area contributed by atoms with Gasteiger partial charge in [-0.3, -0.25) is 14.6 Å². The molecule has 1 aliphatic heterocycles. The van der Waals surface area contributed by atoms with E-state index in [1.165, 1.54) is 12.1 Å². The van der Waals surface area contributed by atoms with Crippen molar-refractivity contribution < 1.29 is 18.7 Å². The second-order valence-electron chi connectivity index (χ2n) is 7.35. The Labute approximate surface area is 173 Å². The Hall–Kier alpha value is -3.48. The number of carbonyl (C=O) groups is 2. The normalized spacial score (nSPS) is 14.6. The summed E-state index contributed by atoms with van der Waals surface area (Å²) in [5.41, 5.74) is 7.54. The van der Waals surface area contributed by atoms with Crippen LogP contribution < -0.4 is 10.5 Å². The van der Waals surface area contributed by atoms with Crippen LogP contribution in [-0.4, -0.2) is 41.4 Å². The van der Waals surface area contributed by atoms with Gasteiger partial charge in [0.2, 0.25) is 0 Å². The molecule has 30 heavy (non-hydrogen) atoms. The molecular weight excluding hydrogens is 385 g/mol. The summed E-state index contributed by atoms with van der Waals surface area (Å²) in [6.45, 7) is 0.806. The number of carbonyl (C=O) groups excluding carboxylic acids is 2. The lowest BCUT2D eigenvalue weighted by Gasteiger charge is -2.32. The fraction of sp³-hybridized carbons (Fsp3) is 0.261. The Morgan fingerprint density at radius 1 is 1.10 bits per heavy atom. The van der Waals surface area contributed by atoms with Crippen LogP contribution in [0.15, 0.2) is 54.6 Å². The van der Waals surface area contributed by atoms with Gasteiger partial charge in [-0.25, -0.2) is 4.39 Å². The quantitative estimate of drug-likeness (QED) is 0.704. The van der Waals surface area contributed by atoms with Crippen molar-refractivity contribution >= 4 is 22.7 Å². The number of rotatable bonds is 5. The van der Waals surface area contributed by atoms with Gasteiger partial charge in [0, 0.05) is 24.4 Å². The number of fused-ring (bicyclic) bond motifs is 1. The zero-order valence-corrected chi connectivity index (χ0v) is 16.4. The Balaban J connectivity index is 1.43. The van der Waals surface area contributed by atoms with Crippen molar-refractivity contribution in [3.63, 3.8) is 0 Å². The molecule has 2 N–H and O–H groups in total. The van der Waals surface area contributed by atoms with E-state index in [0.717, 1.165) is 10.9 Å². The highest BCUT2D eigenvalue weighted by atomic mass is 19.1. The molecule has 0 radical (unpaired) electrons. The third-order valence-corrected chi connectivity index (χ3v) is 5.44. The monoisotopic (exact) mass is 407 g/mol. The first kappa shape index (κ1) is 19.8. The first-order valence-corrected chi connectivity index (χ1v) is 9.87. The number of para-hydroxylation sites is 2. The molecule has 0 bridgehead atoms. The highest BCUT2D eigenvalue weighted by Crippen LogP contribution is 2.31. The van der Waals surface area contributed by atoms with Gasteiger partial charge < -0.3 is 15.4 Å². The fourth-order valence-corrected chi connectivity index (χ4v) is 3.83. The molecule has 1 aromatic heterocycles. The molecule has 1 aliphatic rings. The smallest absolute Gasteiger partial charge is 0.260 e. The summed E-state index contributed by atoms with van der Waals surface area (Å²) in [5.74, 6) is -1.09. The minimum atomic E-state index is -0.500. The molecule has 6 nitrogen and oxygen atoms in total. The van der Waals surface area contributed by atoms with Gasteiger partial charge in [-0.2, -0.15) is 0 Å². The van der Waals surface area contributed by atoms with Crippen LogP contribution in [-0.2, 0) is 4.79 Å². The number of ether oxygens (including phenoxy) is 1. The summed E-state index contributed by atoms with van der Waals surface area (Å²) in [7, 11) is 0. The highest BCUT2D eigenvalue weighted by Gasteiger charge is 2.28. The number of piperidine rings is 1. The van der Waals surface area contributed by atoms with Gasteiger partial charge in [0.1, 0.15) is 0 Å². The first-order valence-electron chi connectivity index (χ1n) is 9.87. The lowest BCUT2D eigenvalue weighted by molar-refractivity contribution is -0.134. The Morgan fingerprint density at radius 2 is 1.80 bits per heavy atom. The van der Waals surface area contributed by atoms with Gasteiger partial charge in [-0.15, -0.1) is 0 Å². The van der Waals surface area contributed by atoms with Crippen LogP contribution in [0.5, 0.6) is 5.75 Å². The SMILES string of the molecule is NC(=O)c1cc2ccccc2nc1C1CCN(C(=O)COc2ccccc2F)CC1. The van der Waals surface area contributed by atoms with Gasteiger partial charge in [0.05, 0.1) is 16.8 Å². The number of hydrogen-bond donors (Lipinski definition) is 1. The predicted molar refractivity (Wildman–Crippen MR) is 111 cm³/mol. The average Bonchev–Trinajstić information content (AvgIpc) is 2.77. The third-order valence-electron chi connectivity index (χ3n) is 5.44. The number of primary amides is 1. The van der Waals surface area contributed by atoms with Crippen LogP contribution in [0.1, 0.15) is 34.8 Å². The highest BCUT2D eigenvalue weighted by molar-refractivity contribution is 5.97. The zero-order chi connectivity index (χ0) is 21.1. The van der Waals surface area contributed by atoms with Gasteiger partial charge in [0.15, 0.2) is 18.2 Å². The van der Waals surface area contributed by atoms with E-state index in [4.69, 9.17) is 15.5 Å². The summed E-state index contributed by atoms with van der Waals surface area (Å²) in [5, 5.41) is 0.868. The molecule has 2 amide bonds. The van der Waals surface area contributed by atoms with E-state index in [1.807, 2.05) is 24.3 Å². The van der Waals surface area contributed by atoms with Crippen molar-refractivity contribution in [2.45, 2.75) is 18.8 Å². The number of nitrogens with zero attached hydrogens (tertiary/aromatic N) is 2. The molecule has 7 heteroatoms. The summed E-state index contributed by atoms with van der Waals surface area (Å²) >= 11 is 0. The maximum atomic E-state index is 13.6. The first-order chi connectivity index (χ1) is 14.5. The minimum absolute atomic E-state index is 0.0358. The van der Waals surface area contributed by atoms with Crippen molar-refractivity contribution in [3.8, 4) is 5.75 Å². The standard InChI is InChI=1S/C23H22FN3O3/c24-18-6-2-4-8-20(18)30-14-21(28)27-11-9-15(10-12-27)22-17(23(25)29)13-16-5-1-3-7-19(16)26-22/h1-8,13,15H,9-12,14H2,(H2,25,29). The lowest BCUT2D eigenvalue weighted by atomic mass is 9.89. The molecule has 3 aromatic rings. The minimum Gasteiger partial charge on any atom is -0.481 e. The second kappa shape index (κ2) is 8.49. The van der Waals surface area contributed by atoms with Crippen LogP contribution >= 0.6 is 0 Å². The Morgan fingerprint density at radius 3 is 2.53 bits per heavy atom. The van der Waals surface area contributed by atoms with E-state index in [-0.39, 0.29) is 24.2 Å². The maximum absolute atomic E-state index is 13.6. The Bertz CT molecular complexity index is 1090. The van der Waals surface area contributed by atoms with Crippen LogP contribution in [0.4, 0.5) is 4.39 Å². The number of halogens is 1. The number of amides is 2. The van der Waals surface area contributed by atoms with Gasteiger partial charge in [-0.1, -0.05) is 30.3 Å². The lowest BCUT2D eigenvalue weighted by Crippen LogP contribution is -2.41.